The number of rotatable bonds is 4. The normalized spacial score (nSPS) is 13.2. The third kappa shape index (κ3) is 2.75. The minimum absolute atomic E-state index is 0.273. The zero-order chi connectivity index (χ0) is 8.97. The van der Waals surface area contributed by atoms with E-state index in [1.807, 2.05) is 6.92 Å². The van der Waals surface area contributed by atoms with E-state index >= 15 is 0 Å². The molecule has 1 heterocycles. The molecule has 0 spiro atoms. The fraction of sp³-hybridized carbons (Fsp3) is 0.714. The van der Waals surface area contributed by atoms with Crippen LogP contribution in [-0.4, -0.2) is 23.4 Å². The van der Waals surface area contributed by atoms with Crippen molar-refractivity contribution in [2.24, 2.45) is 0 Å². The van der Waals surface area contributed by atoms with Crippen molar-refractivity contribution in [1.82, 2.24) is 10.2 Å². The van der Waals surface area contributed by atoms with Gasteiger partial charge >= 0.3 is 0 Å². The van der Waals surface area contributed by atoms with Gasteiger partial charge in [-0.1, -0.05) is 11.3 Å². The lowest BCUT2D eigenvalue weighted by Gasteiger charge is -2.05. The Balaban J connectivity index is 2.33. The van der Waals surface area contributed by atoms with Gasteiger partial charge in [-0.15, -0.1) is 10.2 Å². The largest absolute Gasteiger partial charge is 0.382 e. The highest BCUT2D eigenvalue weighted by Gasteiger charge is 2.04. The third-order valence-electron chi connectivity index (χ3n) is 1.65. The molecule has 0 radical (unpaired) electrons. The van der Waals surface area contributed by atoms with Gasteiger partial charge in [0.2, 0.25) is 5.13 Å². The molecule has 0 bridgehead atoms. The van der Waals surface area contributed by atoms with Gasteiger partial charge < -0.3 is 10.5 Å². The zero-order valence-corrected chi connectivity index (χ0v) is 8.10. The van der Waals surface area contributed by atoms with Crippen LogP contribution in [-0.2, 0) is 11.2 Å². The Labute approximate surface area is 75.8 Å². The predicted octanol–water partition coefficient (Wildman–Crippen LogP) is 1.09. The van der Waals surface area contributed by atoms with E-state index in [0.717, 1.165) is 17.8 Å². The number of nitrogens with two attached hydrogens (primary N) is 1. The van der Waals surface area contributed by atoms with E-state index in [1.54, 1.807) is 7.11 Å². The van der Waals surface area contributed by atoms with Crippen LogP contribution in [0, 0.1) is 0 Å². The van der Waals surface area contributed by atoms with Crippen molar-refractivity contribution in [1.29, 1.82) is 0 Å². The van der Waals surface area contributed by atoms with Gasteiger partial charge in [0.05, 0.1) is 6.10 Å². The average Bonchev–Trinajstić information content (AvgIpc) is 2.47. The molecule has 4 nitrogen and oxygen atoms in total. The highest BCUT2D eigenvalue weighted by molar-refractivity contribution is 7.15. The zero-order valence-electron chi connectivity index (χ0n) is 7.28. The van der Waals surface area contributed by atoms with Crippen molar-refractivity contribution < 1.29 is 4.74 Å². The summed E-state index contributed by atoms with van der Waals surface area (Å²) in [6, 6.07) is 0. The number of aryl methyl sites for hydroxylation is 1. The molecule has 0 aromatic carbocycles. The molecule has 0 fully saturated rings. The van der Waals surface area contributed by atoms with E-state index in [1.165, 1.54) is 11.3 Å². The molecule has 5 heteroatoms. The van der Waals surface area contributed by atoms with Crippen molar-refractivity contribution in [3.63, 3.8) is 0 Å². The van der Waals surface area contributed by atoms with Crippen molar-refractivity contribution >= 4 is 16.5 Å². The molecule has 68 valence electrons. The van der Waals surface area contributed by atoms with Crippen LogP contribution in [0.15, 0.2) is 0 Å². The lowest BCUT2D eigenvalue weighted by atomic mass is 10.2. The molecule has 1 rings (SSSR count). The average molecular weight is 187 g/mol. The maximum atomic E-state index is 5.43. The predicted molar refractivity (Wildman–Crippen MR) is 49.1 cm³/mol. The van der Waals surface area contributed by atoms with Crippen LogP contribution in [0.1, 0.15) is 18.4 Å². The molecule has 1 atom stereocenters. The van der Waals surface area contributed by atoms with Crippen LogP contribution in [0.4, 0.5) is 5.13 Å². The molecule has 0 saturated carbocycles. The molecular weight excluding hydrogens is 174 g/mol. The summed E-state index contributed by atoms with van der Waals surface area (Å²) in [4.78, 5) is 0. The number of anilines is 1. The van der Waals surface area contributed by atoms with Gasteiger partial charge in [-0.05, 0) is 13.3 Å². The summed E-state index contributed by atoms with van der Waals surface area (Å²) in [5.41, 5.74) is 5.43. The first-order valence-corrected chi connectivity index (χ1v) is 4.64. The van der Waals surface area contributed by atoms with E-state index in [4.69, 9.17) is 10.5 Å². The van der Waals surface area contributed by atoms with Crippen LogP contribution in [0.5, 0.6) is 0 Å². The maximum Gasteiger partial charge on any atom is 0.203 e. The summed E-state index contributed by atoms with van der Waals surface area (Å²) in [6.07, 6.45) is 2.13. The summed E-state index contributed by atoms with van der Waals surface area (Å²) >= 11 is 1.44. The molecule has 0 amide bonds. The summed E-state index contributed by atoms with van der Waals surface area (Å²) in [6.45, 7) is 2.03. The molecule has 0 aliphatic rings. The molecule has 0 aliphatic carbocycles. The Morgan fingerprint density at radius 3 is 2.83 bits per heavy atom. The number of methoxy groups -OCH3 is 1. The van der Waals surface area contributed by atoms with E-state index < -0.39 is 0 Å². The quantitative estimate of drug-likeness (QED) is 0.766. The minimum Gasteiger partial charge on any atom is -0.382 e. The van der Waals surface area contributed by atoms with Gasteiger partial charge in [0.15, 0.2) is 0 Å². The van der Waals surface area contributed by atoms with Crippen molar-refractivity contribution in [2.75, 3.05) is 12.8 Å². The number of hydrogen-bond acceptors (Lipinski definition) is 5. The summed E-state index contributed by atoms with van der Waals surface area (Å²) in [7, 11) is 1.71. The lowest BCUT2D eigenvalue weighted by Crippen LogP contribution is -2.05. The van der Waals surface area contributed by atoms with E-state index in [2.05, 4.69) is 10.2 Å². The van der Waals surface area contributed by atoms with Gasteiger partial charge in [-0.3, -0.25) is 0 Å². The number of ether oxygens (including phenoxy) is 1. The van der Waals surface area contributed by atoms with Gasteiger partial charge in [-0.25, -0.2) is 0 Å². The maximum absolute atomic E-state index is 5.43. The molecule has 0 aliphatic heterocycles. The fourth-order valence-corrected chi connectivity index (χ4v) is 1.44. The highest BCUT2D eigenvalue weighted by atomic mass is 32.1. The molecule has 12 heavy (non-hydrogen) atoms. The molecule has 0 saturated heterocycles. The molecule has 1 aromatic heterocycles. The van der Waals surface area contributed by atoms with Crippen molar-refractivity contribution in [3.8, 4) is 0 Å². The Morgan fingerprint density at radius 1 is 1.58 bits per heavy atom. The second kappa shape index (κ2) is 4.37. The number of nitrogens with zero attached hydrogens (tertiary/aromatic N) is 2. The van der Waals surface area contributed by atoms with Crippen LogP contribution >= 0.6 is 11.3 Å². The third-order valence-corrected chi connectivity index (χ3v) is 2.46. The van der Waals surface area contributed by atoms with Crippen LogP contribution in [0.3, 0.4) is 0 Å². The van der Waals surface area contributed by atoms with Gasteiger partial charge in [-0.2, -0.15) is 0 Å². The van der Waals surface area contributed by atoms with Gasteiger partial charge in [0, 0.05) is 13.5 Å². The van der Waals surface area contributed by atoms with E-state index in [9.17, 15) is 0 Å². The molecule has 2 N–H and O–H groups in total. The first-order chi connectivity index (χ1) is 5.72. The monoisotopic (exact) mass is 187 g/mol. The molecular formula is C7H13N3OS. The van der Waals surface area contributed by atoms with E-state index in [0.29, 0.717) is 5.13 Å². The molecule has 1 aromatic rings. The molecule has 1 unspecified atom stereocenters. The van der Waals surface area contributed by atoms with Crippen molar-refractivity contribution in [3.05, 3.63) is 5.01 Å². The van der Waals surface area contributed by atoms with Crippen LogP contribution in [0.2, 0.25) is 0 Å². The van der Waals surface area contributed by atoms with Crippen LogP contribution < -0.4 is 5.73 Å². The SMILES string of the molecule is COC(C)CCc1nnc(N)s1. The van der Waals surface area contributed by atoms with E-state index in [-0.39, 0.29) is 6.10 Å². The second-order valence-corrected chi connectivity index (χ2v) is 3.71. The van der Waals surface area contributed by atoms with Crippen LogP contribution in [0.25, 0.3) is 0 Å². The second-order valence-electron chi connectivity index (χ2n) is 2.62. The number of aromatic nitrogens is 2. The smallest absolute Gasteiger partial charge is 0.203 e. The highest BCUT2D eigenvalue weighted by Crippen LogP contribution is 2.13. The number of hydrogen-bond donors (Lipinski definition) is 1. The van der Waals surface area contributed by atoms with Gasteiger partial charge in [0.1, 0.15) is 5.01 Å². The first kappa shape index (κ1) is 9.41. The summed E-state index contributed by atoms with van der Waals surface area (Å²) in [5, 5.41) is 9.16. The minimum atomic E-state index is 0.273. The fourth-order valence-electron chi connectivity index (χ4n) is 0.812. The first-order valence-electron chi connectivity index (χ1n) is 3.83. The Morgan fingerprint density at radius 2 is 2.33 bits per heavy atom. The lowest BCUT2D eigenvalue weighted by molar-refractivity contribution is 0.111. The topological polar surface area (TPSA) is 61.0 Å². The number of nitrogen functional groups attached to an aromatic ring is 1. The Kier molecular flexibility index (Phi) is 3.43. The summed E-state index contributed by atoms with van der Waals surface area (Å²) < 4.78 is 5.10. The Bertz CT molecular complexity index is 238. The Hall–Kier alpha value is -0.680. The standard InChI is InChI=1S/C7H13N3OS/c1-5(11-2)3-4-6-9-10-7(8)12-6/h5H,3-4H2,1-2H3,(H2,8,10). The van der Waals surface area contributed by atoms with Gasteiger partial charge in [0.25, 0.3) is 0 Å². The van der Waals surface area contributed by atoms with Crippen molar-refractivity contribution in [2.45, 2.75) is 25.9 Å². The summed E-state index contributed by atoms with van der Waals surface area (Å²) in [5.74, 6) is 0.